The van der Waals surface area contributed by atoms with Gasteiger partial charge in [-0.05, 0) is 12.1 Å². The molecule has 0 saturated heterocycles. The normalized spacial score (nSPS) is 10.7. The molecule has 0 bridgehead atoms. The molecule has 0 atom stereocenters. The average Bonchev–Trinajstić information content (AvgIpc) is 2.05. The number of aromatic nitrogens is 1. The van der Waals surface area contributed by atoms with Crippen LogP contribution in [0.4, 0.5) is 13.2 Å². The minimum absolute atomic E-state index is 0. The summed E-state index contributed by atoms with van der Waals surface area (Å²) in [6.45, 7) is 0. The highest BCUT2D eigenvalue weighted by Crippen LogP contribution is 2.20. The maximum absolute atomic E-state index is 10.7. The van der Waals surface area contributed by atoms with E-state index in [1.54, 1.807) is 12.4 Å². The highest BCUT2D eigenvalue weighted by molar-refractivity contribution is 7.86. The topological polar surface area (TPSA) is 67.3 Å². The summed E-state index contributed by atoms with van der Waals surface area (Å²) in [7, 11) is -5.84. The molecule has 15 heavy (non-hydrogen) atoms. The zero-order chi connectivity index (χ0) is 11.2. The summed E-state index contributed by atoms with van der Waals surface area (Å²) < 4.78 is 57.5. The van der Waals surface area contributed by atoms with Crippen molar-refractivity contribution in [2.75, 3.05) is 0 Å². The molecule has 88 valence electrons. The van der Waals surface area contributed by atoms with Crippen LogP contribution in [-0.2, 0) is 10.1 Å². The Labute approximate surface area is 91.3 Å². The van der Waals surface area contributed by atoms with Gasteiger partial charge in [0.25, 0.3) is 0 Å². The summed E-state index contributed by atoms with van der Waals surface area (Å²) in [6, 6.07) is 5.72. The third kappa shape index (κ3) is 8.21. The first-order chi connectivity index (χ1) is 6.25. The Morgan fingerprint density at radius 2 is 1.40 bits per heavy atom. The molecular formula is C6H8F3NO3S2. The Morgan fingerprint density at radius 1 is 1.07 bits per heavy atom. The van der Waals surface area contributed by atoms with E-state index in [0.717, 1.165) is 0 Å². The molecule has 0 unspecified atom stereocenters. The first-order valence-corrected chi connectivity index (χ1v) is 4.58. The fraction of sp³-hybridized carbons (Fsp3) is 0.167. The number of halogens is 3. The van der Waals surface area contributed by atoms with E-state index in [1.165, 1.54) is 0 Å². The van der Waals surface area contributed by atoms with Crippen LogP contribution in [0.1, 0.15) is 0 Å². The minimum atomic E-state index is -5.84. The molecule has 1 aromatic heterocycles. The van der Waals surface area contributed by atoms with Gasteiger partial charge in [-0.3, -0.25) is 9.54 Å². The Hall–Kier alpha value is -0.800. The van der Waals surface area contributed by atoms with Gasteiger partial charge in [-0.2, -0.15) is 35.1 Å². The van der Waals surface area contributed by atoms with Crippen molar-refractivity contribution < 1.29 is 26.1 Å². The smallest absolute Gasteiger partial charge is 0.279 e. The first-order valence-electron chi connectivity index (χ1n) is 3.14. The number of hydrogen-bond acceptors (Lipinski definition) is 3. The van der Waals surface area contributed by atoms with Crippen molar-refractivity contribution >= 4 is 23.6 Å². The fourth-order valence-corrected chi connectivity index (χ4v) is 0.313. The highest BCUT2D eigenvalue weighted by Gasteiger charge is 2.44. The van der Waals surface area contributed by atoms with Crippen molar-refractivity contribution in [1.29, 1.82) is 0 Å². The van der Waals surface area contributed by atoms with Crippen LogP contribution in [-0.4, -0.2) is 23.5 Å². The first kappa shape index (κ1) is 16.6. The predicted molar refractivity (Wildman–Crippen MR) is 52.2 cm³/mol. The molecule has 1 N–H and O–H groups in total. The highest BCUT2D eigenvalue weighted by atomic mass is 32.2. The molecule has 0 amide bonds. The van der Waals surface area contributed by atoms with Crippen molar-refractivity contribution in [1.82, 2.24) is 4.98 Å². The van der Waals surface area contributed by atoms with E-state index in [-0.39, 0.29) is 13.5 Å². The summed E-state index contributed by atoms with van der Waals surface area (Å²) in [6.07, 6.45) is 3.50. The third-order valence-corrected chi connectivity index (χ3v) is 1.44. The lowest BCUT2D eigenvalue weighted by Crippen LogP contribution is -2.21. The lowest BCUT2D eigenvalue weighted by Gasteiger charge is -1.97. The Morgan fingerprint density at radius 3 is 1.47 bits per heavy atom. The Kier molecular flexibility index (Phi) is 7.36. The van der Waals surface area contributed by atoms with Gasteiger partial charge in [-0.25, -0.2) is 0 Å². The fourth-order valence-electron chi connectivity index (χ4n) is 0.313. The summed E-state index contributed by atoms with van der Waals surface area (Å²) in [5.41, 5.74) is -5.53. The Bertz CT molecular complexity index is 325. The van der Waals surface area contributed by atoms with E-state index in [1.807, 2.05) is 18.2 Å². The van der Waals surface area contributed by atoms with Crippen molar-refractivity contribution in [3.63, 3.8) is 0 Å². The maximum Gasteiger partial charge on any atom is 0.522 e. The lowest BCUT2D eigenvalue weighted by atomic mass is 10.5. The van der Waals surface area contributed by atoms with Crippen LogP contribution in [0.15, 0.2) is 30.6 Å². The number of rotatable bonds is 0. The summed E-state index contributed by atoms with van der Waals surface area (Å²) in [5.74, 6) is 0. The molecule has 0 aliphatic carbocycles. The van der Waals surface area contributed by atoms with E-state index >= 15 is 0 Å². The van der Waals surface area contributed by atoms with Crippen molar-refractivity contribution in [2.24, 2.45) is 0 Å². The van der Waals surface area contributed by atoms with Gasteiger partial charge in [-0.15, -0.1) is 0 Å². The number of alkyl halides is 3. The van der Waals surface area contributed by atoms with Crippen molar-refractivity contribution in [2.45, 2.75) is 5.51 Å². The van der Waals surface area contributed by atoms with Gasteiger partial charge in [0, 0.05) is 12.4 Å². The molecular weight excluding hydrogens is 255 g/mol. The molecule has 1 aromatic rings. The van der Waals surface area contributed by atoms with E-state index in [9.17, 15) is 13.2 Å². The molecule has 4 nitrogen and oxygen atoms in total. The van der Waals surface area contributed by atoms with Crippen LogP contribution < -0.4 is 0 Å². The molecule has 0 spiro atoms. The van der Waals surface area contributed by atoms with Crippen LogP contribution in [0.2, 0.25) is 0 Å². The molecule has 0 aliphatic rings. The maximum atomic E-state index is 10.7. The van der Waals surface area contributed by atoms with Gasteiger partial charge in [-0.1, -0.05) is 6.07 Å². The Balaban J connectivity index is 0. The van der Waals surface area contributed by atoms with Gasteiger partial charge in [0.05, 0.1) is 0 Å². The van der Waals surface area contributed by atoms with Gasteiger partial charge in [0.2, 0.25) is 0 Å². The van der Waals surface area contributed by atoms with Crippen LogP contribution in [0.5, 0.6) is 0 Å². The van der Waals surface area contributed by atoms with Crippen LogP contribution in [0.25, 0.3) is 0 Å². The largest absolute Gasteiger partial charge is 0.522 e. The van der Waals surface area contributed by atoms with Crippen LogP contribution in [0, 0.1) is 0 Å². The zero-order valence-corrected chi connectivity index (χ0v) is 8.96. The van der Waals surface area contributed by atoms with Gasteiger partial charge >= 0.3 is 15.6 Å². The van der Waals surface area contributed by atoms with Crippen LogP contribution in [0.3, 0.4) is 0 Å². The molecule has 0 aromatic carbocycles. The molecule has 1 rings (SSSR count). The number of hydrogen-bond donors (Lipinski definition) is 1. The predicted octanol–water partition coefficient (Wildman–Crippen LogP) is 1.59. The average molecular weight is 263 g/mol. The standard InChI is InChI=1S/C5H5N.CHF3O3S.H2S/c1-2-4-6-5-3-1;2-1(3,4)8(5,6)7;/h1-5H;(H,5,6,7);1H2. The van der Waals surface area contributed by atoms with E-state index < -0.39 is 15.6 Å². The number of pyridine rings is 1. The summed E-state index contributed by atoms with van der Waals surface area (Å²) >= 11 is 0. The third-order valence-electron chi connectivity index (χ3n) is 0.859. The molecule has 9 heteroatoms. The monoisotopic (exact) mass is 263 g/mol. The summed E-state index contributed by atoms with van der Waals surface area (Å²) in [4.78, 5) is 3.78. The SMILES string of the molecule is O=S(=O)(O)C(F)(F)F.S.c1ccncc1. The van der Waals surface area contributed by atoms with E-state index in [4.69, 9.17) is 13.0 Å². The van der Waals surface area contributed by atoms with E-state index in [0.29, 0.717) is 0 Å². The molecule has 0 radical (unpaired) electrons. The second-order valence-corrected chi connectivity index (χ2v) is 3.36. The van der Waals surface area contributed by atoms with E-state index in [2.05, 4.69) is 4.98 Å². The second kappa shape index (κ2) is 6.64. The van der Waals surface area contributed by atoms with Gasteiger partial charge in [0.15, 0.2) is 0 Å². The van der Waals surface area contributed by atoms with Gasteiger partial charge < -0.3 is 0 Å². The molecule has 1 heterocycles. The molecule has 0 aliphatic heterocycles. The quantitative estimate of drug-likeness (QED) is 0.570. The minimum Gasteiger partial charge on any atom is -0.279 e. The molecule has 0 saturated carbocycles. The zero-order valence-electron chi connectivity index (χ0n) is 7.14. The number of nitrogens with zero attached hydrogens (tertiary/aromatic N) is 1. The van der Waals surface area contributed by atoms with Gasteiger partial charge in [0.1, 0.15) is 0 Å². The summed E-state index contributed by atoms with van der Waals surface area (Å²) in [5, 5.41) is 0. The van der Waals surface area contributed by atoms with Crippen molar-refractivity contribution in [3.05, 3.63) is 30.6 Å². The van der Waals surface area contributed by atoms with Crippen molar-refractivity contribution in [3.8, 4) is 0 Å². The lowest BCUT2D eigenvalue weighted by molar-refractivity contribution is -0.0510. The second-order valence-electron chi connectivity index (χ2n) is 1.95. The molecule has 0 fully saturated rings. The van der Waals surface area contributed by atoms with Crippen LogP contribution >= 0.6 is 13.5 Å².